The van der Waals surface area contributed by atoms with E-state index in [9.17, 15) is 0 Å². The van der Waals surface area contributed by atoms with Gasteiger partial charge in [-0.3, -0.25) is 0 Å². The predicted molar refractivity (Wildman–Crippen MR) is 33.2 cm³/mol. The number of ether oxygens (including phenoxy) is 2. The van der Waals surface area contributed by atoms with E-state index in [1.807, 2.05) is 0 Å². The van der Waals surface area contributed by atoms with Gasteiger partial charge in [0.15, 0.2) is 12.6 Å². The molecule has 1 fully saturated rings. The molecule has 1 rings (SSSR count). The molecule has 2 N–H and O–H groups in total. The van der Waals surface area contributed by atoms with Gasteiger partial charge in [-0.15, -0.1) is 0 Å². The van der Waals surface area contributed by atoms with Crippen LogP contribution in [-0.4, -0.2) is 36.0 Å². The summed E-state index contributed by atoms with van der Waals surface area (Å²) in [6.07, 6.45) is 0.352. The molecule has 0 aromatic rings. The number of aliphatic hydroxyl groups is 2. The first-order valence-electron chi connectivity index (χ1n) is 3.39. The van der Waals surface area contributed by atoms with Gasteiger partial charge < -0.3 is 19.7 Å². The molecule has 0 saturated carbocycles. The second-order valence-corrected chi connectivity index (χ2v) is 2.22. The molecule has 0 aliphatic carbocycles. The number of hydrogen-bond acceptors (Lipinski definition) is 4. The summed E-state index contributed by atoms with van der Waals surface area (Å²) in [6.45, 7) is 0.308. The Morgan fingerprint density at radius 1 is 1.70 bits per heavy atom. The van der Waals surface area contributed by atoms with Crippen molar-refractivity contribution in [2.75, 3.05) is 13.2 Å². The molecule has 2 unspecified atom stereocenters. The highest BCUT2D eigenvalue weighted by molar-refractivity contribution is 4.54. The fourth-order valence-corrected chi connectivity index (χ4v) is 0.874. The average Bonchev–Trinajstić information content (AvgIpc) is 2.40. The lowest BCUT2D eigenvalue weighted by Gasteiger charge is -2.13. The van der Waals surface area contributed by atoms with Crippen LogP contribution in [0.5, 0.6) is 0 Å². The zero-order valence-electron chi connectivity index (χ0n) is 5.69. The topological polar surface area (TPSA) is 58.9 Å². The molecule has 0 bridgehead atoms. The van der Waals surface area contributed by atoms with Crippen molar-refractivity contribution in [3.05, 3.63) is 0 Å². The lowest BCUT2D eigenvalue weighted by molar-refractivity contribution is -0.221. The van der Waals surface area contributed by atoms with Crippen LogP contribution in [0.1, 0.15) is 12.8 Å². The molecule has 1 aliphatic heterocycles. The zero-order valence-corrected chi connectivity index (χ0v) is 5.69. The quantitative estimate of drug-likeness (QED) is 0.527. The Kier molecular flexibility index (Phi) is 3.08. The van der Waals surface area contributed by atoms with E-state index in [1.54, 1.807) is 0 Å². The van der Waals surface area contributed by atoms with E-state index in [4.69, 9.17) is 19.7 Å². The largest absolute Gasteiger partial charge is 0.391 e. The monoisotopic (exact) mass is 148 g/mol. The maximum absolute atomic E-state index is 8.77. The highest BCUT2D eigenvalue weighted by Gasteiger charge is 2.18. The number of aliphatic hydroxyl groups excluding tert-OH is 2. The summed E-state index contributed by atoms with van der Waals surface area (Å²) in [7, 11) is 0. The second kappa shape index (κ2) is 3.88. The van der Waals surface area contributed by atoms with E-state index in [0.717, 1.165) is 12.8 Å². The van der Waals surface area contributed by atoms with Gasteiger partial charge in [-0.1, -0.05) is 0 Å². The number of hydrogen-bond donors (Lipinski definition) is 2. The molecule has 60 valence electrons. The first-order chi connectivity index (χ1) is 4.83. The molecule has 2 atom stereocenters. The molecule has 1 saturated heterocycles. The van der Waals surface area contributed by atoms with E-state index in [0.29, 0.717) is 6.61 Å². The van der Waals surface area contributed by atoms with E-state index in [1.165, 1.54) is 0 Å². The molecule has 10 heavy (non-hydrogen) atoms. The van der Waals surface area contributed by atoms with Crippen molar-refractivity contribution in [2.24, 2.45) is 0 Å². The summed E-state index contributed by atoms with van der Waals surface area (Å²) in [5.41, 5.74) is 0. The van der Waals surface area contributed by atoms with Gasteiger partial charge in [0.2, 0.25) is 0 Å². The SMILES string of the molecule is OCC(O)OC1CCCO1. The van der Waals surface area contributed by atoms with Gasteiger partial charge in [0.25, 0.3) is 0 Å². The standard InChI is InChI=1S/C6H12O4/c7-4-5(8)10-6-2-1-3-9-6/h5-8H,1-4H2. The van der Waals surface area contributed by atoms with Gasteiger partial charge in [0.05, 0.1) is 6.61 Å². The van der Waals surface area contributed by atoms with E-state index >= 15 is 0 Å². The van der Waals surface area contributed by atoms with Crippen molar-refractivity contribution < 1.29 is 19.7 Å². The Morgan fingerprint density at radius 2 is 2.50 bits per heavy atom. The van der Waals surface area contributed by atoms with Crippen molar-refractivity contribution in [1.29, 1.82) is 0 Å². The number of rotatable bonds is 3. The summed E-state index contributed by atoms with van der Waals surface area (Å²) >= 11 is 0. The van der Waals surface area contributed by atoms with Crippen LogP contribution in [0.3, 0.4) is 0 Å². The summed E-state index contributed by atoms with van der Waals surface area (Å²) in [5.74, 6) is 0. The van der Waals surface area contributed by atoms with Gasteiger partial charge in [0, 0.05) is 13.0 Å². The Morgan fingerprint density at radius 3 is 3.00 bits per heavy atom. The highest BCUT2D eigenvalue weighted by atomic mass is 16.7. The Balaban J connectivity index is 2.11. The van der Waals surface area contributed by atoms with Gasteiger partial charge >= 0.3 is 0 Å². The molecule has 0 radical (unpaired) electrons. The van der Waals surface area contributed by atoms with Gasteiger partial charge in [-0.25, -0.2) is 0 Å². The molecule has 0 amide bonds. The average molecular weight is 148 g/mol. The van der Waals surface area contributed by atoms with Crippen LogP contribution in [0.4, 0.5) is 0 Å². The van der Waals surface area contributed by atoms with Gasteiger partial charge in [-0.05, 0) is 6.42 Å². The van der Waals surface area contributed by atoms with Crippen molar-refractivity contribution in [1.82, 2.24) is 0 Å². The Hall–Kier alpha value is -0.160. The third-order valence-electron chi connectivity index (χ3n) is 1.35. The fraction of sp³-hybridized carbons (Fsp3) is 1.00. The zero-order chi connectivity index (χ0) is 7.40. The smallest absolute Gasteiger partial charge is 0.181 e. The van der Waals surface area contributed by atoms with Crippen LogP contribution < -0.4 is 0 Å². The minimum absolute atomic E-state index is 0.317. The summed E-state index contributed by atoms with van der Waals surface area (Å²) in [5, 5.41) is 17.1. The molecule has 0 aromatic heterocycles. The fourth-order valence-electron chi connectivity index (χ4n) is 0.874. The minimum atomic E-state index is -1.09. The van der Waals surface area contributed by atoms with Crippen LogP contribution in [0.25, 0.3) is 0 Å². The molecule has 4 heteroatoms. The Labute approximate surface area is 59.4 Å². The lowest BCUT2D eigenvalue weighted by Crippen LogP contribution is -2.23. The third-order valence-corrected chi connectivity index (χ3v) is 1.35. The second-order valence-electron chi connectivity index (χ2n) is 2.22. The highest BCUT2D eigenvalue weighted by Crippen LogP contribution is 2.13. The molecular weight excluding hydrogens is 136 g/mol. The molecule has 0 spiro atoms. The molecular formula is C6H12O4. The van der Waals surface area contributed by atoms with Crippen molar-refractivity contribution >= 4 is 0 Å². The summed E-state index contributed by atoms with van der Waals surface area (Å²) in [4.78, 5) is 0. The van der Waals surface area contributed by atoms with Crippen LogP contribution in [0.15, 0.2) is 0 Å². The van der Waals surface area contributed by atoms with Crippen LogP contribution in [0.2, 0.25) is 0 Å². The van der Waals surface area contributed by atoms with Crippen molar-refractivity contribution in [2.45, 2.75) is 25.4 Å². The normalized spacial score (nSPS) is 28.8. The predicted octanol–water partition coefficient (Wildman–Crippen LogP) is -0.550. The van der Waals surface area contributed by atoms with E-state index < -0.39 is 6.29 Å². The van der Waals surface area contributed by atoms with Crippen LogP contribution in [0, 0.1) is 0 Å². The van der Waals surface area contributed by atoms with Crippen molar-refractivity contribution in [3.63, 3.8) is 0 Å². The molecule has 1 heterocycles. The first-order valence-corrected chi connectivity index (χ1v) is 3.39. The van der Waals surface area contributed by atoms with E-state index in [2.05, 4.69) is 0 Å². The summed E-state index contributed by atoms with van der Waals surface area (Å²) < 4.78 is 9.88. The van der Waals surface area contributed by atoms with Crippen LogP contribution >= 0.6 is 0 Å². The minimum Gasteiger partial charge on any atom is -0.391 e. The maximum atomic E-state index is 8.77. The third kappa shape index (κ3) is 2.22. The van der Waals surface area contributed by atoms with Crippen LogP contribution in [-0.2, 0) is 9.47 Å². The summed E-state index contributed by atoms with van der Waals surface area (Å²) in [6, 6.07) is 0. The lowest BCUT2D eigenvalue weighted by atomic mass is 10.4. The molecule has 4 nitrogen and oxygen atoms in total. The van der Waals surface area contributed by atoms with Crippen molar-refractivity contribution in [3.8, 4) is 0 Å². The molecule has 1 aliphatic rings. The van der Waals surface area contributed by atoms with Gasteiger partial charge in [0.1, 0.15) is 0 Å². The van der Waals surface area contributed by atoms with E-state index in [-0.39, 0.29) is 12.9 Å². The first kappa shape index (κ1) is 7.94. The van der Waals surface area contributed by atoms with Gasteiger partial charge in [-0.2, -0.15) is 0 Å². The Bertz CT molecular complexity index is 89.7. The maximum Gasteiger partial charge on any atom is 0.181 e. The molecule has 0 aromatic carbocycles.